The first-order valence-electron chi connectivity index (χ1n) is 7.41. The lowest BCUT2D eigenvalue weighted by Crippen LogP contribution is -2.45. The molecule has 106 valence electrons. The van der Waals surface area contributed by atoms with Crippen molar-refractivity contribution in [3.8, 4) is 0 Å². The zero-order valence-corrected chi connectivity index (χ0v) is 12.2. The topological polar surface area (TPSA) is 56.8 Å². The summed E-state index contributed by atoms with van der Waals surface area (Å²) in [5.41, 5.74) is 0.246. The summed E-state index contributed by atoms with van der Waals surface area (Å²) in [4.78, 5) is 7.11. The van der Waals surface area contributed by atoms with E-state index in [-0.39, 0.29) is 5.41 Å². The maximum Gasteiger partial charge on any atom is 0.245 e. The molecule has 0 aliphatic carbocycles. The van der Waals surface area contributed by atoms with Crippen molar-refractivity contribution in [2.45, 2.75) is 46.1 Å². The smallest absolute Gasteiger partial charge is 0.245 e. The number of aromatic nitrogens is 3. The predicted octanol–water partition coefficient (Wildman–Crippen LogP) is 1.58. The van der Waals surface area contributed by atoms with Crippen LogP contribution in [0.1, 0.15) is 39.4 Å². The molecule has 0 saturated carbocycles. The molecular formula is C14H25N5. The molecule has 3 rings (SSSR count). The van der Waals surface area contributed by atoms with Crippen LogP contribution < -0.4 is 10.2 Å². The Bertz CT molecular complexity index is 433. The Morgan fingerprint density at radius 2 is 2.16 bits per heavy atom. The van der Waals surface area contributed by atoms with Gasteiger partial charge in [0.2, 0.25) is 5.95 Å². The summed E-state index contributed by atoms with van der Waals surface area (Å²) in [6.07, 6.45) is 3.54. The highest BCUT2D eigenvalue weighted by atomic mass is 15.4. The number of anilines is 1. The van der Waals surface area contributed by atoms with E-state index < -0.39 is 0 Å². The molecule has 5 heteroatoms. The standard InChI is InChI=1S/C14H25N5/c1-14(2,3)7-12-16-13(18-17-12)19-6-4-5-10-8-15-9-11(10)19/h10-11,15H,4-9H2,1-3H3,(H,16,17,18). The molecule has 5 nitrogen and oxygen atoms in total. The van der Waals surface area contributed by atoms with Crippen molar-refractivity contribution in [2.24, 2.45) is 11.3 Å². The summed E-state index contributed by atoms with van der Waals surface area (Å²) in [6, 6.07) is 0.590. The van der Waals surface area contributed by atoms with Gasteiger partial charge in [0, 0.05) is 32.1 Å². The normalized spacial score (nSPS) is 27.6. The van der Waals surface area contributed by atoms with Crippen molar-refractivity contribution < 1.29 is 0 Å². The summed E-state index contributed by atoms with van der Waals surface area (Å²) < 4.78 is 0. The van der Waals surface area contributed by atoms with Crippen molar-refractivity contribution in [1.29, 1.82) is 0 Å². The van der Waals surface area contributed by atoms with Gasteiger partial charge in [-0.05, 0) is 24.2 Å². The first-order chi connectivity index (χ1) is 9.03. The van der Waals surface area contributed by atoms with Crippen molar-refractivity contribution in [1.82, 2.24) is 20.5 Å². The molecule has 1 aromatic rings. The number of H-pyrrole nitrogens is 1. The van der Waals surface area contributed by atoms with Gasteiger partial charge in [-0.15, -0.1) is 5.10 Å². The maximum absolute atomic E-state index is 4.71. The third-order valence-electron chi connectivity index (χ3n) is 4.15. The summed E-state index contributed by atoms with van der Waals surface area (Å²) in [6.45, 7) is 10.0. The second kappa shape index (κ2) is 4.78. The molecule has 2 atom stereocenters. The number of aromatic amines is 1. The lowest BCUT2D eigenvalue weighted by Gasteiger charge is -2.36. The van der Waals surface area contributed by atoms with E-state index in [4.69, 9.17) is 4.98 Å². The molecule has 2 unspecified atom stereocenters. The van der Waals surface area contributed by atoms with Gasteiger partial charge in [0.25, 0.3) is 0 Å². The Morgan fingerprint density at radius 1 is 1.32 bits per heavy atom. The fourth-order valence-corrected chi connectivity index (χ4v) is 3.31. The molecule has 2 aliphatic rings. The van der Waals surface area contributed by atoms with Gasteiger partial charge >= 0.3 is 0 Å². The second-order valence-corrected chi connectivity index (χ2v) is 7.14. The van der Waals surface area contributed by atoms with Gasteiger partial charge in [0.15, 0.2) is 0 Å². The average Bonchev–Trinajstić information content (AvgIpc) is 2.94. The first-order valence-corrected chi connectivity index (χ1v) is 7.41. The molecule has 0 bridgehead atoms. The highest BCUT2D eigenvalue weighted by Crippen LogP contribution is 2.29. The fourth-order valence-electron chi connectivity index (χ4n) is 3.31. The molecule has 0 radical (unpaired) electrons. The van der Waals surface area contributed by atoms with E-state index in [1.807, 2.05) is 0 Å². The van der Waals surface area contributed by atoms with Crippen LogP contribution in [-0.4, -0.2) is 40.9 Å². The molecule has 2 aliphatic heterocycles. The number of piperidine rings is 1. The molecule has 0 aromatic carbocycles. The van der Waals surface area contributed by atoms with Crippen LogP contribution in [0, 0.1) is 11.3 Å². The summed E-state index contributed by atoms with van der Waals surface area (Å²) in [7, 11) is 0. The Hall–Kier alpha value is -1.10. The number of nitrogens with one attached hydrogen (secondary N) is 2. The van der Waals surface area contributed by atoms with Gasteiger partial charge < -0.3 is 10.2 Å². The van der Waals surface area contributed by atoms with Gasteiger partial charge in [-0.2, -0.15) is 4.98 Å². The minimum atomic E-state index is 0.246. The second-order valence-electron chi connectivity index (χ2n) is 7.14. The lowest BCUT2D eigenvalue weighted by atomic mass is 9.92. The SMILES string of the molecule is CC(C)(C)Cc1nc(N2CCCC3CNCC32)n[nH]1. The Morgan fingerprint density at radius 3 is 2.95 bits per heavy atom. The van der Waals surface area contributed by atoms with E-state index in [0.717, 1.165) is 43.7 Å². The summed E-state index contributed by atoms with van der Waals surface area (Å²) >= 11 is 0. The largest absolute Gasteiger partial charge is 0.335 e. The highest BCUT2D eigenvalue weighted by molar-refractivity contribution is 5.33. The van der Waals surface area contributed by atoms with E-state index in [1.165, 1.54) is 12.8 Å². The van der Waals surface area contributed by atoms with Crippen LogP contribution in [0.25, 0.3) is 0 Å². The van der Waals surface area contributed by atoms with Gasteiger partial charge in [0.1, 0.15) is 5.82 Å². The van der Waals surface area contributed by atoms with Crippen LogP contribution in [0.15, 0.2) is 0 Å². The van der Waals surface area contributed by atoms with E-state index in [9.17, 15) is 0 Å². The molecule has 3 heterocycles. The number of hydrogen-bond donors (Lipinski definition) is 2. The molecule has 2 saturated heterocycles. The van der Waals surface area contributed by atoms with Gasteiger partial charge in [-0.25, -0.2) is 0 Å². The van der Waals surface area contributed by atoms with Crippen LogP contribution in [0.4, 0.5) is 5.95 Å². The molecule has 0 spiro atoms. The minimum absolute atomic E-state index is 0.246. The van der Waals surface area contributed by atoms with Crippen LogP contribution in [0.3, 0.4) is 0 Å². The third-order valence-corrected chi connectivity index (χ3v) is 4.15. The van der Waals surface area contributed by atoms with Crippen molar-refractivity contribution in [3.05, 3.63) is 5.82 Å². The van der Waals surface area contributed by atoms with Crippen molar-refractivity contribution in [3.63, 3.8) is 0 Å². The zero-order chi connectivity index (χ0) is 13.5. The molecular weight excluding hydrogens is 238 g/mol. The molecule has 19 heavy (non-hydrogen) atoms. The van der Waals surface area contributed by atoms with Crippen LogP contribution in [-0.2, 0) is 6.42 Å². The Kier molecular flexibility index (Phi) is 3.25. The van der Waals surface area contributed by atoms with Gasteiger partial charge in [-0.3, -0.25) is 5.10 Å². The summed E-state index contributed by atoms with van der Waals surface area (Å²) in [5, 5.41) is 11.1. The fraction of sp³-hybridized carbons (Fsp3) is 0.857. The minimum Gasteiger partial charge on any atom is -0.335 e. The number of rotatable bonds is 2. The molecule has 0 amide bonds. The van der Waals surface area contributed by atoms with Crippen LogP contribution in [0.2, 0.25) is 0 Å². The van der Waals surface area contributed by atoms with E-state index in [1.54, 1.807) is 0 Å². The van der Waals surface area contributed by atoms with Gasteiger partial charge in [0.05, 0.1) is 0 Å². The maximum atomic E-state index is 4.71. The zero-order valence-electron chi connectivity index (χ0n) is 12.2. The molecule has 2 fully saturated rings. The number of fused-ring (bicyclic) bond motifs is 1. The molecule has 1 aromatic heterocycles. The predicted molar refractivity (Wildman–Crippen MR) is 76.3 cm³/mol. The Balaban J connectivity index is 1.75. The highest BCUT2D eigenvalue weighted by Gasteiger charge is 2.36. The lowest BCUT2D eigenvalue weighted by molar-refractivity contribution is 0.380. The van der Waals surface area contributed by atoms with Crippen molar-refractivity contribution in [2.75, 3.05) is 24.5 Å². The monoisotopic (exact) mass is 263 g/mol. The Labute approximate surface area is 115 Å². The van der Waals surface area contributed by atoms with Crippen molar-refractivity contribution >= 4 is 5.95 Å². The van der Waals surface area contributed by atoms with Gasteiger partial charge in [-0.1, -0.05) is 20.8 Å². The molecule has 2 N–H and O–H groups in total. The van der Waals surface area contributed by atoms with Crippen LogP contribution in [0.5, 0.6) is 0 Å². The average molecular weight is 263 g/mol. The van der Waals surface area contributed by atoms with E-state index in [2.05, 4.69) is 41.2 Å². The van der Waals surface area contributed by atoms with E-state index >= 15 is 0 Å². The third kappa shape index (κ3) is 2.76. The van der Waals surface area contributed by atoms with E-state index in [0.29, 0.717) is 6.04 Å². The number of nitrogens with zero attached hydrogens (tertiary/aromatic N) is 3. The quantitative estimate of drug-likeness (QED) is 0.850. The van der Waals surface area contributed by atoms with Crippen LogP contribution >= 0.6 is 0 Å². The first kappa shape index (κ1) is 12.9. The number of hydrogen-bond acceptors (Lipinski definition) is 4. The summed E-state index contributed by atoms with van der Waals surface area (Å²) in [5.74, 6) is 2.69.